The smallest absolute Gasteiger partial charge is 0.140 e. The van der Waals surface area contributed by atoms with Gasteiger partial charge in [-0.3, -0.25) is 0 Å². The van der Waals surface area contributed by atoms with Crippen LogP contribution in [0.4, 0.5) is 0 Å². The molecule has 1 heterocycles. The van der Waals surface area contributed by atoms with Gasteiger partial charge in [0.05, 0.1) is 0 Å². The first-order chi connectivity index (χ1) is 15.3. The highest BCUT2D eigenvalue weighted by molar-refractivity contribution is 5.86. The first-order valence-electron chi connectivity index (χ1n) is 12.9. The second kappa shape index (κ2) is 8.11. The molecule has 0 N–H and O–H groups in total. The Morgan fingerprint density at radius 2 is 1.58 bits per heavy atom. The van der Waals surface area contributed by atoms with E-state index in [0.29, 0.717) is 6.04 Å². The van der Waals surface area contributed by atoms with Crippen LogP contribution in [-0.2, 0) is 6.42 Å². The van der Waals surface area contributed by atoms with Crippen LogP contribution in [0.15, 0.2) is 48.7 Å². The molecule has 4 aliphatic rings. The number of fused-ring (bicyclic) bond motifs is 1. The summed E-state index contributed by atoms with van der Waals surface area (Å²) in [6, 6.07) is 16.4. The van der Waals surface area contributed by atoms with Gasteiger partial charge in [0, 0.05) is 23.5 Å². The lowest BCUT2D eigenvalue weighted by atomic mass is 9.54. The van der Waals surface area contributed by atoms with Gasteiger partial charge in [0.15, 0.2) is 0 Å². The Hall–Kier alpha value is -2.09. The summed E-state index contributed by atoms with van der Waals surface area (Å²) < 4.78 is 2.75. The summed E-state index contributed by atoms with van der Waals surface area (Å²) in [6.07, 6.45) is 16.1. The summed E-state index contributed by atoms with van der Waals surface area (Å²) in [4.78, 5) is 5.09. The minimum atomic E-state index is 0.679. The van der Waals surface area contributed by atoms with Crippen LogP contribution < -0.4 is 0 Å². The summed E-state index contributed by atoms with van der Waals surface area (Å²) in [5.41, 5.74) is 2.80. The molecule has 0 spiro atoms. The van der Waals surface area contributed by atoms with Crippen molar-refractivity contribution >= 4 is 10.8 Å². The van der Waals surface area contributed by atoms with Crippen molar-refractivity contribution in [2.45, 2.75) is 77.2 Å². The fourth-order valence-corrected chi connectivity index (χ4v) is 7.51. The van der Waals surface area contributed by atoms with Gasteiger partial charge in [0.2, 0.25) is 0 Å². The third-order valence-corrected chi connectivity index (χ3v) is 8.64. The van der Waals surface area contributed by atoms with E-state index >= 15 is 0 Å². The number of benzene rings is 2. The molecule has 0 unspecified atom stereocenters. The van der Waals surface area contributed by atoms with Gasteiger partial charge in [-0.1, -0.05) is 62.6 Å². The number of aromatic nitrogens is 2. The zero-order valence-electron chi connectivity index (χ0n) is 19.0. The van der Waals surface area contributed by atoms with Gasteiger partial charge >= 0.3 is 0 Å². The third-order valence-electron chi connectivity index (χ3n) is 8.64. The first-order valence-corrected chi connectivity index (χ1v) is 12.9. The van der Waals surface area contributed by atoms with Gasteiger partial charge in [-0.05, 0) is 85.5 Å². The number of rotatable bonds is 7. The Balaban J connectivity index is 1.40. The fraction of sp³-hybridized carbons (Fsp3) is 0.552. The van der Waals surface area contributed by atoms with Crippen LogP contribution >= 0.6 is 0 Å². The molecule has 3 aromatic rings. The summed E-state index contributed by atoms with van der Waals surface area (Å²) >= 11 is 0. The molecule has 0 radical (unpaired) electrons. The highest BCUT2D eigenvalue weighted by Gasteiger charge is 2.49. The number of nitrogens with zero attached hydrogens (tertiary/aromatic N) is 2. The lowest BCUT2D eigenvalue weighted by molar-refractivity contribution is -0.0294. The van der Waals surface area contributed by atoms with Crippen molar-refractivity contribution in [2.75, 3.05) is 0 Å². The second-order valence-electron chi connectivity index (χ2n) is 10.7. The van der Waals surface area contributed by atoms with Crippen molar-refractivity contribution in [3.8, 4) is 11.4 Å². The molecule has 31 heavy (non-hydrogen) atoms. The third kappa shape index (κ3) is 3.52. The maximum atomic E-state index is 5.09. The lowest BCUT2D eigenvalue weighted by Gasteiger charge is -2.55. The highest BCUT2D eigenvalue weighted by atomic mass is 15.1. The molecule has 0 atom stereocenters. The number of imidazole rings is 1. The van der Waals surface area contributed by atoms with Gasteiger partial charge in [0.1, 0.15) is 5.82 Å². The van der Waals surface area contributed by atoms with Crippen LogP contribution in [0.2, 0.25) is 0 Å². The van der Waals surface area contributed by atoms with Crippen LogP contribution in [-0.4, -0.2) is 9.55 Å². The second-order valence-corrected chi connectivity index (χ2v) is 10.7. The molecule has 1 aromatic heterocycles. The number of hydrogen-bond acceptors (Lipinski definition) is 1. The quantitative estimate of drug-likeness (QED) is 0.362. The fourth-order valence-electron chi connectivity index (χ4n) is 7.51. The van der Waals surface area contributed by atoms with Crippen molar-refractivity contribution in [1.29, 1.82) is 0 Å². The van der Waals surface area contributed by atoms with Crippen LogP contribution in [0.3, 0.4) is 0 Å². The summed E-state index contributed by atoms with van der Waals surface area (Å²) in [5.74, 6) is 5.01. The van der Waals surface area contributed by atoms with Crippen LogP contribution in [0, 0.1) is 23.7 Å². The largest absolute Gasteiger partial charge is 0.324 e. The molecule has 7 rings (SSSR count). The zero-order chi connectivity index (χ0) is 20.8. The van der Waals surface area contributed by atoms with E-state index in [4.69, 9.17) is 4.98 Å². The average molecular weight is 413 g/mol. The lowest BCUT2D eigenvalue weighted by Crippen LogP contribution is -2.46. The standard InChI is InChI=1S/C29H36N2/c1-2-3-4-5-10-27-19-30-29(24-12-11-22-8-6-7-9-23(22)18-24)31(27)28-25-14-20-13-21(16-25)17-26(28)15-20/h6-9,11-12,18-21,25-26,28H,2-5,10,13-17H2,1H3. The van der Waals surface area contributed by atoms with E-state index in [9.17, 15) is 0 Å². The number of hydrogen-bond donors (Lipinski definition) is 0. The van der Waals surface area contributed by atoms with E-state index in [-0.39, 0.29) is 0 Å². The predicted octanol–water partition coefficient (Wildman–Crippen LogP) is 7.82. The number of unbranched alkanes of at least 4 members (excludes halogenated alkanes) is 3. The summed E-state index contributed by atoms with van der Waals surface area (Å²) in [7, 11) is 0. The number of aryl methyl sites for hydroxylation is 1. The van der Waals surface area contributed by atoms with Crippen molar-refractivity contribution in [3.05, 3.63) is 54.4 Å². The normalized spacial score (nSPS) is 29.1. The van der Waals surface area contributed by atoms with Gasteiger partial charge in [-0.2, -0.15) is 0 Å². The summed E-state index contributed by atoms with van der Waals surface area (Å²) in [5, 5.41) is 2.64. The molecular formula is C29H36N2. The molecule has 2 nitrogen and oxygen atoms in total. The Morgan fingerprint density at radius 3 is 2.32 bits per heavy atom. The molecule has 0 aliphatic heterocycles. The van der Waals surface area contributed by atoms with E-state index in [2.05, 4.69) is 60.2 Å². The average Bonchev–Trinajstić information content (AvgIpc) is 3.19. The van der Waals surface area contributed by atoms with E-state index in [1.165, 1.54) is 92.1 Å². The van der Waals surface area contributed by atoms with Gasteiger partial charge in [0.25, 0.3) is 0 Å². The van der Waals surface area contributed by atoms with Crippen LogP contribution in [0.5, 0.6) is 0 Å². The van der Waals surface area contributed by atoms with E-state index < -0.39 is 0 Å². The minimum Gasteiger partial charge on any atom is -0.324 e. The van der Waals surface area contributed by atoms with Gasteiger partial charge in [-0.25, -0.2) is 4.98 Å². The molecule has 162 valence electrons. The molecule has 4 saturated carbocycles. The maximum absolute atomic E-state index is 5.09. The molecule has 2 aromatic carbocycles. The van der Waals surface area contributed by atoms with Gasteiger partial charge < -0.3 is 4.57 Å². The van der Waals surface area contributed by atoms with Crippen LogP contribution in [0.25, 0.3) is 22.2 Å². The predicted molar refractivity (Wildman–Crippen MR) is 129 cm³/mol. The topological polar surface area (TPSA) is 17.8 Å². The Kier molecular flexibility index (Phi) is 5.13. The van der Waals surface area contributed by atoms with Crippen molar-refractivity contribution in [2.24, 2.45) is 23.7 Å². The minimum absolute atomic E-state index is 0.679. The van der Waals surface area contributed by atoms with Crippen molar-refractivity contribution in [1.82, 2.24) is 9.55 Å². The summed E-state index contributed by atoms with van der Waals surface area (Å²) in [6.45, 7) is 2.30. The Bertz CT molecular complexity index is 1030. The van der Waals surface area contributed by atoms with E-state index in [1.807, 2.05) is 0 Å². The highest BCUT2D eigenvalue weighted by Crippen LogP contribution is 2.59. The molecule has 0 amide bonds. The van der Waals surface area contributed by atoms with E-state index in [1.54, 1.807) is 0 Å². The molecule has 4 fully saturated rings. The molecule has 2 heteroatoms. The van der Waals surface area contributed by atoms with E-state index in [0.717, 1.165) is 23.7 Å². The SMILES string of the molecule is CCCCCCc1cnc(-c2ccc3ccccc3c2)n1C1C2CC3CC(C2)CC1C3. The molecule has 0 saturated heterocycles. The first kappa shape index (κ1) is 19.6. The monoisotopic (exact) mass is 412 g/mol. The zero-order valence-corrected chi connectivity index (χ0v) is 19.0. The van der Waals surface area contributed by atoms with Crippen LogP contribution in [0.1, 0.15) is 76.4 Å². The van der Waals surface area contributed by atoms with Crippen molar-refractivity contribution < 1.29 is 0 Å². The Labute approximate surface area is 187 Å². The Morgan fingerprint density at radius 1 is 0.839 bits per heavy atom. The molecule has 4 bridgehead atoms. The molecular weight excluding hydrogens is 376 g/mol. The molecule has 4 aliphatic carbocycles. The maximum Gasteiger partial charge on any atom is 0.140 e. The van der Waals surface area contributed by atoms with Crippen molar-refractivity contribution in [3.63, 3.8) is 0 Å². The van der Waals surface area contributed by atoms with Gasteiger partial charge in [-0.15, -0.1) is 0 Å².